The summed E-state index contributed by atoms with van der Waals surface area (Å²) in [6.45, 7) is 0.451. The molecule has 0 spiro atoms. The first-order valence-electron chi connectivity index (χ1n) is 10.3. The van der Waals surface area contributed by atoms with E-state index in [9.17, 15) is 4.79 Å². The number of benzene rings is 3. The van der Waals surface area contributed by atoms with E-state index in [4.69, 9.17) is 9.47 Å². The Morgan fingerprint density at radius 3 is 2.50 bits per heavy atom. The Labute approximate surface area is 176 Å². The molecule has 3 aromatic rings. The maximum absolute atomic E-state index is 13.2. The topological polar surface area (TPSA) is 50.8 Å². The molecule has 1 amide bonds. The second kappa shape index (κ2) is 7.75. The molecule has 0 saturated heterocycles. The third-order valence-electron chi connectivity index (χ3n) is 5.64. The van der Waals surface area contributed by atoms with Crippen LogP contribution in [0, 0.1) is 0 Å². The van der Waals surface area contributed by atoms with Crippen molar-refractivity contribution < 1.29 is 14.3 Å². The number of carbonyl (C=O) groups excluding carboxylic acids is 1. The lowest BCUT2D eigenvalue weighted by Gasteiger charge is -2.38. The van der Waals surface area contributed by atoms with E-state index in [1.807, 2.05) is 77.7 Å². The molecule has 0 bridgehead atoms. The largest absolute Gasteiger partial charge is 0.493 e. The molecule has 2 aliphatic rings. The molecule has 1 aliphatic heterocycles. The van der Waals surface area contributed by atoms with Crippen molar-refractivity contribution in [3.8, 4) is 11.5 Å². The number of carbonyl (C=O) groups is 1. The number of methoxy groups -OCH3 is 1. The van der Waals surface area contributed by atoms with Gasteiger partial charge in [-0.3, -0.25) is 4.79 Å². The van der Waals surface area contributed by atoms with Gasteiger partial charge in [0, 0.05) is 11.7 Å². The Morgan fingerprint density at radius 2 is 1.73 bits per heavy atom. The van der Waals surface area contributed by atoms with Crippen molar-refractivity contribution >= 4 is 11.6 Å². The van der Waals surface area contributed by atoms with E-state index in [1.165, 1.54) is 0 Å². The highest BCUT2D eigenvalue weighted by molar-refractivity contribution is 6.02. The third kappa shape index (κ3) is 3.47. The number of hydrogen-bond donors (Lipinski definition) is 1. The summed E-state index contributed by atoms with van der Waals surface area (Å²) in [6.07, 6.45) is 1.85. The Kier molecular flexibility index (Phi) is 4.79. The quantitative estimate of drug-likeness (QED) is 0.632. The molecule has 1 N–H and O–H groups in total. The number of nitrogens with zero attached hydrogens (tertiary/aromatic N) is 1. The molecule has 5 rings (SSSR count). The van der Waals surface area contributed by atoms with Crippen LogP contribution in [0.3, 0.4) is 0 Å². The van der Waals surface area contributed by atoms with Crippen molar-refractivity contribution in [1.82, 2.24) is 4.90 Å². The Morgan fingerprint density at radius 1 is 0.967 bits per heavy atom. The predicted octanol–water partition coefficient (Wildman–Crippen LogP) is 5.00. The summed E-state index contributed by atoms with van der Waals surface area (Å²) in [6, 6.07) is 23.9. The first-order chi connectivity index (χ1) is 14.7. The monoisotopic (exact) mass is 400 g/mol. The number of ether oxygens (including phenoxy) is 2. The third-order valence-corrected chi connectivity index (χ3v) is 5.64. The van der Waals surface area contributed by atoms with Gasteiger partial charge in [0.05, 0.1) is 12.7 Å². The van der Waals surface area contributed by atoms with E-state index < -0.39 is 0 Å². The second-order valence-electron chi connectivity index (χ2n) is 7.72. The van der Waals surface area contributed by atoms with E-state index in [2.05, 4.69) is 5.32 Å². The lowest BCUT2D eigenvalue weighted by Crippen LogP contribution is -2.44. The fraction of sp³-hybridized carbons (Fsp3) is 0.240. The maximum atomic E-state index is 13.2. The number of rotatable bonds is 6. The summed E-state index contributed by atoms with van der Waals surface area (Å²) in [4.78, 5) is 15.2. The zero-order valence-corrected chi connectivity index (χ0v) is 16.9. The van der Waals surface area contributed by atoms with Crippen LogP contribution in [0.2, 0.25) is 0 Å². The highest BCUT2D eigenvalue weighted by Crippen LogP contribution is 2.42. The summed E-state index contributed by atoms with van der Waals surface area (Å²) < 4.78 is 11.6. The van der Waals surface area contributed by atoms with Crippen LogP contribution in [0.1, 0.15) is 40.5 Å². The molecule has 152 valence electrons. The fourth-order valence-electron chi connectivity index (χ4n) is 3.95. The van der Waals surface area contributed by atoms with Crippen molar-refractivity contribution in [3.63, 3.8) is 0 Å². The highest BCUT2D eigenvalue weighted by Gasteiger charge is 2.42. The molecule has 5 nitrogen and oxygen atoms in total. The summed E-state index contributed by atoms with van der Waals surface area (Å²) >= 11 is 0. The average Bonchev–Trinajstić information content (AvgIpc) is 3.63. The molecule has 0 radical (unpaired) electrons. The predicted molar refractivity (Wildman–Crippen MR) is 116 cm³/mol. The van der Waals surface area contributed by atoms with Crippen molar-refractivity contribution in [2.45, 2.75) is 31.7 Å². The molecule has 1 heterocycles. The van der Waals surface area contributed by atoms with Crippen LogP contribution >= 0.6 is 0 Å². The van der Waals surface area contributed by atoms with Crippen LogP contribution in [-0.2, 0) is 6.61 Å². The normalized spacial score (nSPS) is 17.8. The number of hydrogen-bond acceptors (Lipinski definition) is 4. The van der Waals surface area contributed by atoms with Crippen LogP contribution in [0.4, 0.5) is 5.69 Å². The van der Waals surface area contributed by atoms with Crippen LogP contribution < -0.4 is 14.8 Å². The standard InChI is InChI=1S/C25H24N2O3/c1-29-22-14-11-18(15-23(22)30-16-17-7-3-2-4-8-17)24-26-21-10-6-5-9-20(21)25(28)27(24)19-12-13-19/h2-11,14-15,19,24,26H,12-13,16H2,1H3/t24-/m1/s1. The van der Waals surface area contributed by atoms with Gasteiger partial charge in [-0.05, 0) is 48.2 Å². The van der Waals surface area contributed by atoms with Crippen molar-refractivity contribution in [3.05, 3.63) is 89.5 Å². The minimum absolute atomic E-state index is 0.0828. The van der Waals surface area contributed by atoms with Crippen LogP contribution in [0.5, 0.6) is 11.5 Å². The average molecular weight is 400 g/mol. The molecular weight excluding hydrogens is 376 g/mol. The van der Waals surface area contributed by atoms with Gasteiger partial charge in [0.1, 0.15) is 12.8 Å². The molecule has 0 unspecified atom stereocenters. The lowest BCUT2D eigenvalue weighted by atomic mass is 10.0. The zero-order valence-electron chi connectivity index (χ0n) is 16.9. The van der Waals surface area contributed by atoms with E-state index >= 15 is 0 Å². The molecule has 0 aromatic heterocycles. The Balaban J connectivity index is 1.47. The summed E-state index contributed by atoms with van der Waals surface area (Å²) in [5.74, 6) is 1.43. The van der Waals surface area contributed by atoms with Gasteiger partial charge >= 0.3 is 0 Å². The van der Waals surface area contributed by atoms with E-state index in [0.717, 1.165) is 35.2 Å². The van der Waals surface area contributed by atoms with Gasteiger partial charge in [-0.25, -0.2) is 0 Å². The van der Waals surface area contributed by atoms with Crippen LogP contribution in [-0.4, -0.2) is 24.0 Å². The van der Waals surface area contributed by atoms with Crippen LogP contribution in [0.15, 0.2) is 72.8 Å². The molecule has 1 saturated carbocycles. The highest BCUT2D eigenvalue weighted by atomic mass is 16.5. The number of para-hydroxylation sites is 1. The van der Waals surface area contributed by atoms with Crippen molar-refractivity contribution in [2.24, 2.45) is 0 Å². The van der Waals surface area contributed by atoms with Gasteiger partial charge in [0.2, 0.25) is 0 Å². The first-order valence-corrected chi connectivity index (χ1v) is 10.3. The van der Waals surface area contributed by atoms with E-state index in [-0.39, 0.29) is 18.1 Å². The van der Waals surface area contributed by atoms with Crippen LogP contribution in [0.25, 0.3) is 0 Å². The molecule has 1 atom stereocenters. The Bertz CT molecular complexity index is 1060. The number of nitrogens with one attached hydrogen (secondary N) is 1. The Hall–Kier alpha value is -3.47. The summed E-state index contributed by atoms with van der Waals surface area (Å²) in [7, 11) is 1.64. The lowest BCUT2D eigenvalue weighted by molar-refractivity contribution is 0.0666. The minimum Gasteiger partial charge on any atom is -0.493 e. The smallest absolute Gasteiger partial charge is 0.258 e. The molecule has 30 heavy (non-hydrogen) atoms. The molecular formula is C25H24N2O3. The summed E-state index contributed by atoms with van der Waals surface area (Å²) in [5.41, 5.74) is 3.67. The zero-order chi connectivity index (χ0) is 20.5. The van der Waals surface area contributed by atoms with Gasteiger partial charge in [0.25, 0.3) is 5.91 Å². The van der Waals surface area contributed by atoms with Gasteiger partial charge in [0.15, 0.2) is 11.5 Å². The number of amides is 1. The van der Waals surface area contributed by atoms with Gasteiger partial charge in [-0.1, -0.05) is 48.5 Å². The second-order valence-corrected chi connectivity index (χ2v) is 7.72. The molecule has 3 aromatic carbocycles. The maximum Gasteiger partial charge on any atom is 0.258 e. The van der Waals surface area contributed by atoms with Gasteiger partial charge in [-0.15, -0.1) is 0 Å². The number of anilines is 1. The fourth-order valence-corrected chi connectivity index (χ4v) is 3.95. The first kappa shape index (κ1) is 18.6. The molecule has 1 aliphatic carbocycles. The minimum atomic E-state index is -0.232. The number of fused-ring (bicyclic) bond motifs is 1. The molecule has 5 heteroatoms. The van der Waals surface area contributed by atoms with Crippen molar-refractivity contribution in [2.75, 3.05) is 12.4 Å². The summed E-state index contributed by atoms with van der Waals surface area (Å²) in [5, 5.41) is 3.56. The van der Waals surface area contributed by atoms with E-state index in [0.29, 0.717) is 18.1 Å². The SMILES string of the molecule is COc1ccc([C@@H]2Nc3ccccc3C(=O)N2C2CC2)cc1OCc1ccccc1. The van der Waals surface area contributed by atoms with Gasteiger partial charge in [-0.2, -0.15) is 0 Å². The molecule has 1 fully saturated rings. The van der Waals surface area contributed by atoms with E-state index in [1.54, 1.807) is 7.11 Å². The van der Waals surface area contributed by atoms with Crippen molar-refractivity contribution in [1.29, 1.82) is 0 Å². The van der Waals surface area contributed by atoms with Gasteiger partial charge < -0.3 is 19.7 Å².